The third-order valence-electron chi connectivity index (χ3n) is 5.87. The van der Waals surface area contributed by atoms with E-state index in [9.17, 15) is 13.2 Å². The molecule has 0 N–H and O–H groups in total. The molecule has 142 valence electrons. The molecule has 0 spiro atoms. The highest BCUT2D eigenvalue weighted by atomic mass is 35.5. The van der Waals surface area contributed by atoms with Crippen molar-refractivity contribution in [2.24, 2.45) is 5.41 Å². The molecule has 1 atom stereocenters. The van der Waals surface area contributed by atoms with Gasteiger partial charge in [0.05, 0.1) is 10.3 Å². The van der Waals surface area contributed by atoms with E-state index >= 15 is 0 Å². The van der Waals surface area contributed by atoms with Crippen molar-refractivity contribution >= 4 is 44.8 Å². The first kappa shape index (κ1) is 18.5. The van der Waals surface area contributed by atoms with E-state index in [1.165, 1.54) is 0 Å². The van der Waals surface area contributed by atoms with Crippen molar-refractivity contribution in [3.05, 3.63) is 23.8 Å². The number of carbonyl (C=O) groups excluding carboxylic acids is 1. The number of sulfonamides is 1. The molecule has 1 saturated carbocycles. The van der Waals surface area contributed by atoms with Crippen LogP contribution >= 0.6 is 23.2 Å². The van der Waals surface area contributed by atoms with Gasteiger partial charge in [0.15, 0.2) is 0 Å². The Morgan fingerprint density at radius 1 is 1.12 bits per heavy atom. The van der Waals surface area contributed by atoms with Crippen molar-refractivity contribution in [2.75, 3.05) is 24.5 Å². The number of amides is 1. The van der Waals surface area contributed by atoms with E-state index < -0.39 is 19.8 Å². The number of carbonyl (C=O) groups is 1. The molecule has 1 aromatic carbocycles. The van der Waals surface area contributed by atoms with Crippen LogP contribution in [-0.2, 0) is 21.2 Å². The molecule has 1 saturated heterocycles. The first-order valence-electron chi connectivity index (χ1n) is 9.00. The van der Waals surface area contributed by atoms with Gasteiger partial charge in [0, 0.05) is 25.3 Å². The zero-order valence-electron chi connectivity index (χ0n) is 14.7. The van der Waals surface area contributed by atoms with Gasteiger partial charge < -0.3 is 4.90 Å². The SMILES string of the molecule is CC1(C(=O)N2CCc3cc(S(=O)(=O)N4CCCCC4)ccc32)CC1(Cl)Cl. The number of halogens is 2. The lowest BCUT2D eigenvalue weighted by Gasteiger charge is -2.26. The van der Waals surface area contributed by atoms with Crippen molar-refractivity contribution in [3.8, 4) is 0 Å². The van der Waals surface area contributed by atoms with E-state index in [2.05, 4.69) is 0 Å². The van der Waals surface area contributed by atoms with Crippen molar-refractivity contribution < 1.29 is 13.2 Å². The highest BCUT2D eigenvalue weighted by Gasteiger charge is 2.69. The number of hydrogen-bond acceptors (Lipinski definition) is 3. The maximum atomic E-state index is 12.9. The van der Waals surface area contributed by atoms with Crippen LogP contribution in [0.4, 0.5) is 5.69 Å². The summed E-state index contributed by atoms with van der Waals surface area (Å²) in [5.41, 5.74) is 0.885. The van der Waals surface area contributed by atoms with Gasteiger partial charge in [-0.2, -0.15) is 4.31 Å². The number of fused-ring (bicyclic) bond motifs is 1. The Labute approximate surface area is 164 Å². The molecule has 26 heavy (non-hydrogen) atoms. The summed E-state index contributed by atoms with van der Waals surface area (Å²) in [4.78, 5) is 14.9. The Kier molecular flexibility index (Phi) is 4.34. The van der Waals surface area contributed by atoms with Gasteiger partial charge in [0.2, 0.25) is 15.9 Å². The Morgan fingerprint density at radius 3 is 2.38 bits per heavy atom. The van der Waals surface area contributed by atoms with Gasteiger partial charge in [0.1, 0.15) is 4.33 Å². The fourth-order valence-corrected chi connectivity index (χ4v) is 6.20. The van der Waals surface area contributed by atoms with Crippen LogP contribution in [0.25, 0.3) is 0 Å². The van der Waals surface area contributed by atoms with E-state index in [0.29, 0.717) is 37.4 Å². The number of rotatable bonds is 3. The molecule has 2 aliphatic heterocycles. The van der Waals surface area contributed by atoms with Crippen LogP contribution in [0.5, 0.6) is 0 Å². The highest BCUT2D eigenvalue weighted by Crippen LogP contribution is 2.64. The first-order valence-corrected chi connectivity index (χ1v) is 11.2. The first-order chi connectivity index (χ1) is 12.2. The Bertz CT molecular complexity index is 865. The van der Waals surface area contributed by atoms with Gasteiger partial charge in [0.25, 0.3) is 0 Å². The summed E-state index contributed by atoms with van der Waals surface area (Å²) in [6.45, 7) is 3.47. The quantitative estimate of drug-likeness (QED) is 0.709. The van der Waals surface area contributed by atoms with Crippen molar-refractivity contribution in [3.63, 3.8) is 0 Å². The van der Waals surface area contributed by atoms with Crippen LogP contribution < -0.4 is 4.90 Å². The van der Waals surface area contributed by atoms with Gasteiger partial charge in [-0.05, 0) is 56.4 Å². The van der Waals surface area contributed by atoms with Crippen LogP contribution in [0.3, 0.4) is 0 Å². The molecule has 0 radical (unpaired) electrons. The lowest BCUT2D eigenvalue weighted by Crippen LogP contribution is -2.37. The monoisotopic (exact) mass is 416 g/mol. The number of nitrogens with zero attached hydrogens (tertiary/aromatic N) is 2. The molecule has 8 heteroatoms. The molecule has 1 amide bonds. The predicted molar refractivity (Wildman–Crippen MR) is 102 cm³/mol. The third kappa shape index (κ3) is 2.77. The van der Waals surface area contributed by atoms with E-state index in [-0.39, 0.29) is 5.91 Å². The van der Waals surface area contributed by atoms with E-state index in [0.717, 1.165) is 30.5 Å². The predicted octanol–water partition coefficient (Wildman–Crippen LogP) is 3.33. The molecule has 4 rings (SSSR count). The number of anilines is 1. The van der Waals surface area contributed by atoms with Crippen LogP contribution in [0, 0.1) is 5.41 Å². The maximum Gasteiger partial charge on any atom is 0.243 e. The number of hydrogen-bond donors (Lipinski definition) is 0. The average Bonchev–Trinajstić information content (AvgIpc) is 2.95. The minimum atomic E-state index is -3.47. The molecular weight excluding hydrogens is 395 g/mol. The molecule has 3 aliphatic rings. The molecular formula is C18H22Cl2N2O3S. The van der Waals surface area contributed by atoms with Crippen molar-refractivity contribution in [1.29, 1.82) is 0 Å². The second kappa shape index (κ2) is 6.09. The maximum absolute atomic E-state index is 12.9. The van der Waals surface area contributed by atoms with E-state index in [4.69, 9.17) is 23.2 Å². The third-order valence-corrected chi connectivity index (χ3v) is 8.87. The van der Waals surface area contributed by atoms with Gasteiger partial charge in [-0.15, -0.1) is 23.2 Å². The van der Waals surface area contributed by atoms with Crippen LogP contribution in [0.1, 0.15) is 38.2 Å². The topological polar surface area (TPSA) is 57.7 Å². The molecule has 0 bridgehead atoms. The minimum absolute atomic E-state index is 0.0899. The van der Waals surface area contributed by atoms with Crippen molar-refractivity contribution in [2.45, 2.75) is 48.3 Å². The summed E-state index contributed by atoms with van der Waals surface area (Å²) in [6.07, 6.45) is 3.97. The minimum Gasteiger partial charge on any atom is -0.311 e. The summed E-state index contributed by atoms with van der Waals surface area (Å²) in [7, 11) is -3.47. The Balaban J connectivity index is 1.60. The smallest absolute Gasteiger partial charge is 0.243 e. The summed E-state index contributed by atoms with van der Waals surface area (Å²) in [5, 5.41) is 0. The van der Waals surface area contributed by atoms with Gasteiger partial charge in [-0.25, -0.2) is 8.42 Å². The molecule has 5 nitrogen and oxygen atoms in total. The molecule has 0 aromatic heterocycles. The molecule has 1 aliphatic carbocycles. The van der Waals surface area contributed by atoms with Crippen LogP contribution in [-0.4, -0.2) is 42.6 Å². The highest BCUT2D eigenvalue weighted by molar-refractivity contribution is 7.89. The second-order valence-electron chi connectivity index (χ2n) is 7.68. The zero-order chi connectivity index (χ0) is 18.7. The largest absolute Gasteiger partial charge is 0.311 e. The lowest BCUT2D eigenvalue weighted by molar-refractivity contribution is -0.123. The number of alkyl halides is 2. The second-order valence-corrected chi connectivity index (χ2v) is 11.1. The summed E-state index contributed by atoms with van der Waals surface area (Å²) in [6, 6.07) is 5.07. The Hall–Kier alpha value is -0.820. The van der Waals surface area contributed by atoms with Gasteiger partial charge in [-0.1, -0.05) is 6.42 Å². The van der Waals surface area contributed by atoms with Gasteiger partial charge >= 0.3 is 0 Å². The van der Waals surface area contributed by atoms with E-state index in [1.807, 2.05) is 0 Å². The zero-order valence-corrected chi connectivity index (χ0v) is 17.0. The van der Waals surface area contributed by atoms with Crippen LogP contribution in [0.15, 0.2) is 23.1 Å². The summed E-state index contributed by atoms with van der Waals surface area (Å²) >= 11 is 12.3. The van der Waals surface area contributed by atoms with Gasteiger partial charge in [-0.3, -0.25) is 4.79 Å². The molecule has 2 heterocycles. The van der Waals surface area contributed by atoms with E-state index in [1.54, 1.807) is 34.3 Å². The number of piperidine rings is 1. The molecule has 2 fully saturated rings. The standard InChI is InChI=1S/C18H22Cl2N2O3S/c1-17(12-18(17,19)20)16(23)22-10-7-13-11-14(5-6-15(13)22)26(24,25)21-8-3-2-4-9-21/h5-6,11H,2-4,7-10,12H2,1H3. The normalized spacial score (nSPS) is 28.0. The molecule has 1 unspecified atom stereocenters. The number of benzene rings is 1. The summed E-state index contributed by atoms with van der Waals surface area (Å²) in [5.74, 6) is -0.0899. The average molecular weight is 417 g/mol. The summed E-state index contributed by atoms with van der Waals surface area (Å²) < 4.78 is 26.3. The fraction of sp³-hybridized carbons (Fsp3) is 0.611. The van der Waals surface area contributed by atoms with Crippen molar-refractivity contribution in [1.82, 2.24) is 4.31 Å². The van der Waals surface area contributed by atoms with Crippen LogP contribution in [0.2, 0.25) is 0 Å². The Morgan fingerprint density at radius 2 is 1.77 bits per heavy atom. The molecule has 1 aromatic rings. The fourth-order valence-electron chi connectivity index (χ4n) is 3.93. The lowest BCUT2D eigenvalue weighted by atomic mass is 10.1.